The lowest BCUT2D eigenvalue weighted by molar-refractivity contribution is -0.310. The molecule has 0 N–H and O–H groups in total. The molecule has 0 aromatic heterocycles. The summed E-state index contributed by atoms with van der Waals surface area (Å²) >= 11 is 0. The van der Waals surface area contributed by atoms with Gasteiger partial charge in [0.15, 0.2) is 0 Å². The molecule has 0 saturated heterocycles. The molecule has 15 heavy (non-hydrogen) atoms. The van der Waals surface area contributed by atoms with Gasteiger partial charge in [0, 0.05) is 12.1 Å². The standard InChI is InChI=1S/C11H11NO3/c1-7(11(14)15)12-6-8-4-2-3-5-9(8)10(12)13/h2-5,7H,6H2,1H3,(H,14,15)/p-1. The van der Waals surface area contributed by atoms with E-state index in [4.69, 9.17) is 0 Å². The summed E-state index contributed by atoms with van der Waals surface area (Å²) in [7, 11) is 0. The van der Waals surface area contributed by atoms with Crippen molar-refractivity contribution in [2.45, 2.75) is 19.5 Å². The highest BCUT2D eigenvalue weighted by Crippen LogP contribution is 2.23. The Hall–Kier alpha value is -1.84. The van der Waals surface area contributed by atoms with Gasteiger partial charge < -0.3 is 14.8 Å². The molecule has 0 radical (unpaired) electrons. The summed E-state index contributed by atoms with van der Waals surface area (Å²) in [5, 5.41) is 10.7. The smallest absolute Gasteiger partial charge is 0.255 e. The average Bonchev–Trinajstić information content (AvgIpc) is 2.56. The minimum absolute atomic E-state index is 0.234. The number of carbonyl (C=O) groups is 2. The number of hydrogen-bond acceptors (Lipinski definition) is 3. The van der Waals surface area contributed by atoms with Gasteiger partial charge in [0.05, 0.1) is 12.0 Å². The lowest BCUT2D eigenvalue weighted by Crippen LogP contribution is -2.46. The highest BCUT2D eigenvalue weighted by Gasteiger charge is 2.30. The van der Waals surface area contributed by atoms with Crippen molar-refractivity contribution >= 4 is 11.9 Å². The molecule has 4 nitrogen and oxygen atoms in total. The van der Waals surface area contributed by atoms with Crippen molar-refractivity contribution in [2.24, 2.45) is 0 Å². The van der Waals surface area contributed by atoms with Crippen LogP contribution in [0.5, 0.6) is 0 Å². The van der Waals surface area contributed by atoms with E-state index in [0.29, 0.717) is 12.1 Å². The van der Waals surface area contributed by atoms with Gasteiger partial charge in [-0.3, -0.25) is 4.79 Å². The first-order valence-corrected chi connectivity index (χ1v) is 4.71. The first kappa shape index (κ1) is 9.71. The Morgan fingerprint density at radius 3 is 2.73 bits per heavy atom. The number of carboxylic acid groups (broad SMARTS) is 1. The highest BCUT2D eigenvalue weighted by atomic mass is 16.4. The zero-order chi connectivity index (χ0) is 11.0. The second-order valence-corrected chi connectivity index (χ2v) is 3.59. The van der Waals surface area contributed by atoms with E-state index in [-0.39, 0.29) is 5.91 Å². The predicted molar refractivity (Wildman–Crippen MR) is 50.8 cm³/mol. The lowest BCUT2D eigenvalue weighted by atomic mass is 10.1. The van der Waals surface area contributed by atoms with E-state index in [2.05, 4.69) is 0 Å². The molecule has 1 heterocycles. The Bertz CT molecular complexity index is 428. The molecule has 0 spiro atoms. The fourth-order valence-electron chi connectivity index (χ4n) is 1.72. The topological polar surface area (TPSA) is 60.4 Å². The zero-order valence-electron chi connectivity index (χ0n) is 8.27. The van der Waals surface area contributed by atoms with E-state index in [0.717, 1.165) is 5.56 Å². The molecule has 1 unspecified atom stereocenters. The minimum Gasteiger partial charge on any atom is -0.548 e. The number of amides is 1. The van der Waals surface area contributed by atoms with E-state index < -0.39 is 12.0 Å². The van der Waals surface area contributed by atoms with Crippen LogP contribution in [0.2, 0.25) is 0 Å². The van der Waals surface area contributed by atoms with Crippen LogP contribution in [0.3, 0.4) is 0 Å². The van der Waals surface area contributed by atoms with Crippen LogP contribution < -0.4 is 5.11 Å². The third-order valence-electron chi connectivity index (χ3n) is 2.66. The third kappa shape index (κ3) is 1.48. The molecule has 78 valence electrons. The number of carbonyl (C=O) groups excluding carboxylic acids is 2. The molecule has 1 atom stereocenters. The summed E-state index contributed by atoms with van der Waals surface area (Å²) in [5.41, 5.74) is 1.46. The molecule has 4 heteroatoms. The Morgan fingerprint density at radius 2 is 2.13 bits per heavy atom. The van der Waals surface area contributed by atoms with Crippen molar-refractivity contribution in [1.29, 1.82) is 0 Å². The molecule has 1 aliphatic heterocycles. The second-order valence-electron chi connectivity index (χ2n) is 3.59. The van der Waals surface area contributed by atoms with Gasteiger partial charge in [-0.25, -0.2) is 0 Å². The molecular formula is C11H10NO3-. The Balaban J connectivity index is 2.31. The van der Waals surface area contributed by atoms with Crippen molar-refractivity contribution in [1.82, 2.24) is 4.90 Å². The molecule has 0 saturated carbocycles. The first-order valence-electron chi connectivity index (χ1n) is 4.71. The SMILES string of the molecule is CC(C(=O)[O-])N1Cc2ccccc2C1=O. The minimum atomic E-state index is -1.23. The van der Waals surface area contributed by atoms with Gasteiger partial charge in [-0.15, -0.1) is 0 Å². The summed E-state index contributed by atoms with van der Waals surface area (Å²) in [6, 6.07) is 6.25. The monoisotopic (exact) mass is 204 g/mol. The maximum absolute atomic E-state index is 11.8. The molecule has 0 bridgehead atoms. The quantitative estimate of drug-likeness (QED) is 0.669. The van der Waals surface area contributed by atoms with Crippen LogP contribution in [0.15, 0.2) is 24.3 Å². The van der Waals surface area contributed by atoms with E-state index in [9.17, 15) is 14.7 Å². The average molecular weight is 204 g/mol. The number of carboxylic acids is 1. The number of rotatable bonds is 2. The molecule has 1 aromatic rings. The van der Waals surface area contributed by atoms with Gasteiger partial charge in [-0.1, -0.05) is 18.2 Å². The van der Waals surface area contributed by atoms with E-state index in [1.165, 1.54) is 11.8 Å². The predicted octanol–water partition coefficient (Wildman–Crippen LogP) is -0.219. The Labute approximate surface area is 87.1 Å². The van der Waals surface area contributed by atoms with Gasteiger partial charge in [-0.05, 0) is 18.6 Å². The zero-order valence-corrected chi connectivity index (χ0v) is 8.27. The van der Waals surface area contributed by atoms with Crippen molar-refractivity contribution in [3.63, 3.8) is 0 Å². The van der Waals surface area contributed by atoms with E-state index in [1.807, 2.05) is 12.1 Å². The molecule has 1 aromatic carbocycles. The van der Waals surface area contributed by atoms with Crippen molar-refractivity contribution in [3.05, 3.63) is 35.4 Å². The van der Waals surface area contributed by atoms with Gasteiger partial charge in [0.1, 0.15) is 0 Å². The van der Waals surface area contributed by atoms with Gasteiger partial charge in [0.25, 0.3) is 5.91 Å². The molecule has 1 aliphatic rings. The number of benzene rings is 1. The lowest BCUT2D eigenvalue weighted by Gasteiger charge is -2.24. The molecule has 0 aliphatic carbocycles. The molecule has 1 amide bonds. The molecule has 0 fully saturated rings. The number of hydrogen-bond donors (Lipinski definition) is 0. The largest absolute Gasteiger partial charge is 0.548 e. The summed E-state index contributed by atoms with van der Waals surface area (Å²) in [6.07, 6.45) is 0. The maximum atomic E-state index is 11.8. The van der Waals surface area contributed by atoms with Crippen LogP contribution in [-0.2, 0) is 11.3 Å². The van der Waals surface area contributed by atoms with Crippen LogP contribution >= 0.6 is 0 Å². The van der Waals surface area contributed by atoms with Gasteiger partial charge in [0.2, 0.25) is 0 Å². The van der Waals surface area contributed by atoms with E-state index >= 15 is 0 Å². The van der Waals surface area contributed by atoms with Crippen molar-refractivity contribution < 1.29 is 14.7 Å². The first-order chi connectivity index (χ1) is 7.11. The highest BCUT2D eigenvalue weighted by molar-refractivity contribution is 6.00. The number of aliphatic carboxylic acids is 1. The maximum Gasteiger partial charge on any atom is 0.255 e. The summed E-state index contributed by atoms with van der Waals surface area (Å²) < 4.78 is 0. The van der Waals surface area contributed by atoms with Crippen molar-refractivity contribution in [3.8, 4) is 0 Å². The summed E-state index contributed by atoms with van der Waals surface area (Å²) in [5.74, 6) is -1.46. The van der Waals surface area contributed by atoms with Gasteiger partial charge >= 0.3 is 0 Å². The van der Waals surface area contributed by atoms with E-state index in [1.54, 1.807) is 12.1 Å². The second kappa shape index (κ2) is 3.38. The third-order valence-corrected chi connectivity index (χ3v) is 2.66. The summed E-state index contributed by atoms with van der Waals surface area (Å²) in [4.78, 5) is 23.8. The fraction of sp³-hybridized carbons (Fsp3) is 0.273. The van der Waals surface area contributed by atoms with Crippen molar-refractivity contribution in [2.75, 3.05) is 0 Å². The fourth-order valence-corrected chi connectivity index (χ4v) is 1.72. The van der Waals surface area contributed by atoms with Crippen LogP contribution in [-0.4, -0.2) is 22.8 Å². The number of fused-ring (bicyclic) bond motifs is 1. The molecule has 2 rings (SSSR count). The van der Waals surface area contributed by atoms with Crippen LogP contribution in [0.25, 0.3) is 0 Å². The van der Waals surface area contributed by atoms with Crippen LogP contribution in [0, 0.1) is 0 Å². The van der Waals surface area contributed by atoms with Crippen LogP contribution in [0.4, 0.5) is 0 Å². The normalized spacial score (nSPS) is 16.3. The van der Waals surface area contributed by atoms with Crippen LogP contribution in [0.1, 0.15) is 22.8 Å². The Kier molecular flexibility index (Phi) is 2.19. The Morgan fingerprint density at radius 1 is 1.47 bits per heavy atom. The van der Waals surface area contributed by atoms with Gasteiger partial charge in [-0.2, -0.15) is 0 Å². The number of nitrogens with zero attached hydrogens (tertiary/aromatic N) is 1. The molecular weight excluding hydrogens is 194 g/mol. The summed E-state index contributed by atoms with van der Waals surface area (Å²) in [6.45, 7) is 1.81.